The van der Waals surface area contributed by atoms with Crippen LogP contribution in [0.3, 0.4) is 0 Å². The number of amides is 3. The molecule has 0 bridgehead atoms. The van der Waals surface area contributed by atoms with Crippen LogP contribution >= 0.6 is 0 Å². The van der Waals surface area contributed by atoms with Crippen LogP contribution in [0.5, 0.6) is 0 Å². The zero-order valence-corrected chi connectivity index (χ0v) is 20.9. The summed E-state index contributed by atoms with van der Waals surface area (Å²) in [5, 5.41) is 8.78. The molecular weight excluding hydrogens is 452 g/mol. The number of nitrogens with zero attached hydrogens (tertiary/aromatic N) is 1. The minimum Gasteiger partial charge on any atom is -0.376 e. The third kappa shape index (κ3) is 7.98. The molecule has 7 nitrogen and oxygen atoms in total. The third-order valence-electron chi connectivity index (χ3n) is 5.56. The van der Waals surface area contributed by atoms with Crippen molar-refractivity contribution in [2.24, 2.45) is 0 Å². The Bertz CT molecular complexity index is 1140. The van der Waals surface area contributed by atoms with Gasteiger partial charge in [-0.2, -0.15) is 0 Å². The van der Waals surface area contributed by atoms with Gasteiger partial charge in [0.25, 0.3) is 11.8 Å². The van der Waals surface area contributed by atoms with E-state index in [1.807, 2.05) is 35.2 Å². The van der Waals surface area contributed by atoms with Crippen molar-refractivity contribution in [2.75, 3.05) is 30.3 Å². The fraction of sp³-hybridized carbons (Fsp3) is 0.276. The predicted molar refractivity (Wildman–Crippen MR) is 144 cm³/mol. The number of benzene rings is 3. The largest absolute Gasteiger partial charge is 0.376 e. The monoisotopic (exact) mass is 486 g/mol. The maximum atomic E-state index is 12.7. The van der Waals surface area contributed by atoms with Crippen LogP contribution < -0.4 is 16.0 Å². The van der Waals surface area contributed by atoms with Crippen LogP contribution in [0.4, 0.5) is 11.4 Å². The molecule has 0 atom stereocenters. The molecule has 0 heterocycles. The summed E-state index contributed by atoms with van der Waals surface area (Å²) in [4.78, 5) is 39.5. The molecule has 0 saturated carbocycles. The van der Waals surface area contributed by atoms with Crippen molar-refractivity contribution in [3.05, 3.63) is 95.6 Å². The zero-order chi connectivity index (χ0) is 25.8. The first-order valence-corrected chi connectivity index (χ1v) is 12.4. The molecule has 188 valence electrons. The third-order valence-corrected chi connectivity index (χ3v) is 5.56. The van der Waals surface area contributed by atoms with E-state index < -0.39 is 0 Å². The summed E-state index contributed by atoms with van der Waals surface area (Å²) >= 11 is 0. The first-order chi connectivity index (χ1) is 17.5. The van der Waals surface area contributed by atoms with E-state index in [4.69, 9.17) is 0 Å². The van der Waals surface area contributed by atoms with Crippen LogP contribution in [-0.4, -0.2) is 42.3 Å². The smallest absolute Gasteiger partial charge is 0.253 e. The van der Waals surface area contributed by atoms with E-state index in [-0.39, 0.29) is 24.3 Å². The molecule has 0 unspecified atom stereocenters. The molecule has 0 fully saturated rings. The van der Waals surface area contributed by atoms with E-state index in [9.17, 15) is 14.4 Å². The number of carbonyl (C=O) groups is 3. The lowest BCUT2D eigenvalue weighted by Crippen LogP contribution is -2.32. The van der Waals surface area contributed by atoms with Gasteiger partial charge in [-0.15, -0.1) is 0 Å². The SMILES string of the molecule is CCCN(CCC)C(=O)c1ccc(NC(=O)CNc2cccc(C(=O)NCc3ccccc3)c2)cc1. The van der Waals surface area contributed by atoms with Crippen molar-refractivity contribution in [1.82, 2.24) is 10.2 Å². The van der Waals surface area contributed by atoms with E-state index in [1.54, 1.807) is 48.5 Å². The van der Waals surface area contributed by atoms with Gasteiger partial charge >= 0.3 is 0 Å². The van der Waals surface area contributed by atoms with Crippen LogP contribution in [-0.2, 0) is 11.3 Å². The van der Waals surface area contributed by atoms with E-state index in [0.29, 0.717) is 29.0 Å². The number of hydrogen-bond acceptors (Lipinski definition) is 4. The van der Waals surface area contributed by atoms with E-state index >= 15 is 0 Å². The van der Waals surface area contributed by atoms with Gasteiger partial charge in [-0.1, -0.05) is 50.2 Å². The molecule has 3 N–H and O–H groups in total. The van der Waals surface area contributed by atoms with Gasteiger partial charge in [0.15, 0.2) is 0 Å². The number of anilines is 2. The molecular formula is C29H34N4O3. The Labute approximate surface area is 212 Å². The van der Waals surface area contributed by atoms with Crippen molar-refractivity contribution in [3.63, 3.8) is 0 Å². The topological polar surface area (TPSA) is 90.5 Å². The lowest BCUT2D eigenvalue weighted by molar-refractivity contribution is -0.114. The molecule has 0 aliphatic carbocycles. The van der Waals surface area contributed by atoms with E-state index in [2.05, 4.69) is 29.8 Å². The van der Waals surface area contributed by atoms with Crippen LogP contribution in [0.25, 0.3) is 0 Å². The molecule has 0 radical (unpaired) electrons. The highest BCUT2D eigenvalue weighted by atomic mass is 16.2. The zero-order valence-electron chi connectivity index (χ0n) is 20.9. The Hall–Kier alpha value is -4.13. The molecule has 0 aromatic heterocycles. The summed E-state index contributed by atoms with van der Waals surface area (Å²) in [5.41, 5.74) is 3.43. The average molecular weight is 487 g/mol. The van der Waals surface area contributed by atoms with Gasteiger partial charge in [-0.3, -0.25) is 14.4 Å². The van der Waals surface area contributed by atoms with Gasteiger partial charge < -0.3 is 20.9 Å². The lowest BCUT2D eigenvalue weighted by atomic mass is 10.1. The summed E-state index contributed by atoms with van der Waals surface area (Å²) in [7, 11) is 0. The average Bonchev–Trinajstić information content (AvgIpc) is 2.91. The van der Waals surface area contributed by atoms with Gasteiger partial charge in [-0.05, 0) is 60.9 Å². The molecule has 0 spiro atoms. The van der Waals surface area contributed by atoms with E-state index in [1.165, 1.54) is 0 Å². The van der Waals surface area contributed by atoms with Crippen molar-refractivity contribution in [1.29, 1.82) is 0 Å². The molecule has 36 heavy (non-hydrogen) atoms. The Morgan fingerprint density at radius 1 is 0.750 bits per heavy atom. The second-order valence-corrected chi connectivity index (χ2v) is 8.52. The van der Waals surface area contributed by atoms with Crippen LogP contribution in [0.15, 0.2) is 78.9 Å². The van der Waals surface area contributed by atoms with Gasteiger partial charge in [0.2, 0.25) is 5.91 Å². The van der Waals surface area contributed by atoms with Crippen LogP contribution in [0.1, 0.15) is 53.0 Å². The molecule has 3 aromatic rings. The molecule has 3 rings (SSSR count). The molecule has 0 saturated heterocycles. The summed E-state index contributed by atoms with van der Waals surface area (Å²) in [6.07, 6.45) is 1.82. The normalized spacial score (nSPS) is 10.4. The quantitative estimate of drug-likeness (QED) is 0.339. The van der Waals surface area contributed by atoms with Gasteiger partial charge in [0, 0.05) is 42.1 Å². The number of nitrogens with one attached hydrogen (secondary N) is 3. The first kappa shape index (κ1) is 26.5. The maximum absolute atomic E-state index is 12.7. The highest BCUT2D eigenvalue weighted by molar-refractivity contribution is 5.97. The molecule has 0 aliphatic heterocycles. The summed E-state index contributed by atoms with van der Waals surface area (Å²) in [6, 6.07) is 23.7. The molecule has 3 aromatic carbocycles. The Morgan fingerprint density at radius 3 is 2.11 bits per heavy atom. The van der Waals surface area contributed by atoms with E-state index in [0.717, 1.165) is 31.5 Å². The highest BCUT2D eigenvalue weighted by Crippen LogP contribution is 2.14. The first-order valence-electron chi connectivity index (χ1n) is 12.4. The Morgan fingerprint density at radius 2 is 1.44 bits per heavy atom. The van der Waals surface area contributed by atoms with Crippen molar-refractivity contribution < 1.29 is 14.4 Å². The Balaban J connectivity index is 1.50. The lowest BCUT2D eigenvalue weighted by Gasteiger charge is -2.21. The second-order valence-electron chi connectivity index (χ2n) is 8.52. The van der Waals surface area contributed by atoms with Crippen LogP contribution in [0, 0.1) is 0 Å². The summed E-state index contributed by atoms with van der Waals surface area (Å²) in [6.45, 7) is 6.05. The molecule has 7 heteroatoms. The second kappa shape index (κ2) is 13.7. The number of carbonyl (C=O) groups excluding carboxylic acids is 3. The van der Waals surface area contributed by atoms with Crippen molar-refractivity contribution >= 4 is 29.1 Å². The van der Waals surface area contributed by atoms with Crippen LogP contribution in [0.2, 0.25) is 0 Å². The Kier molecular flexibility index (Phi) is 10.1. The van der Waals surface area contributed by atoms with Gasteiger partial charge in [-0.25, -0.2) is 0 Å². The van der Waals surface area contributed by atoms with Gasteiger partial charge in [0.05, 0.1) is 6.54 Å². The minimum atomic E-state index is -0.230. The highest BCUT2D eigenvalue weighted by Gasteiger charge is 2.14. The standard InChI is InChI=1S/C29H34N4O3/c1-3-17-33(18-4-2)29(36)23-13-15-25(16-14-23)32-27(34)21-30-26-12-8-11-24(19-26)28(35)31-20-22-9-6-5-7-10-22/h5-16,19,30H,3-4,17-18,20-21H2,1-2H3,(H,31,35)(H,32,34). The predicted octanol–water partition coefficient (Wildman–Crippen LogP) is 4.93. The molecule has 0 aliphatic rings. The van der Waals surface area contributed by atoms with Crippen molar-refractivity contribution in [3.8, 4) is 0 Å². The fourth-order valence-corrected chi connectivity index (χ4v) is 3.77. The van der Waals surface area contributed by atoms with Gasteiger partial charge in [0.1, 0.15) is 0 Å². The molecule has 3 amide bonds. The summed E-state index contributed by atoms with van der Waals surface area (Å²) in [5.74, 6) is -0.407. The number of hydrogen-bond donors (Lipinski definition) is 3. The minimum absolute atomic E-state index is 0.00549. The maximum Gasteiger partial charge on any atom is 0.253 e. The number of rotatable bonds is 12. The summed E-state index contributed by atoms with van der Waals surface area (Å²) < 4.78 is 0. The van der Waals surface area contributed by atoms with Crippen molar-refractivity contribution in [2.45, 2.75) is 33.2 Å². The fourth-order valence-electron chi connectivity index (χ4n) is 3.77.